The number of aromatic nitrogens is 4. The number of ether oxygens (including phenoxy) is 1. The summed E-state index contributed by atoms with van der Waals surface area (Å²) >= 11 is 0. The van der Waals surface area contributed by atoms with Crippen molar-refractivity contribution in [3.63, 3.8) is 0 Å². The van der Waals surface area contributed by atoms with Crippen molar-refractivity contribution in [3.8, 4) is 17.1 Å². The first-order valence-electron chi connectivity index (χ1n) is 9.92. The van der Waals surface area contributed by atoms with Crippen LogP contribution in [0.15, 0.2) is 33.3 Å². The van der Waals surface area contributed by atoms with E-state index in [1.807, 2.05) is 31.2 Å². The van der Waals surface area contributed by atoms with Gasteiger partial charge in [-0.25, -0.2) is 0 Å². The van der Waals surface area contributed by atoms with Gasteiger partial charge in [0.15, 0.2) is 5.82 Å². The lowest BCUT2D eigenvalue weighted by Gasteiger charge is -2.36. The molecule has 3 heterocycles. The lowest BCUT2D eigenvalue weighted by Crippen LogP contribution is -2.46. The van der Waals surface area contributed by atoms with Gasteiger partial charge in [0.2, 0.25) is 17.6 Å². The van der Waals surface area contributed by atoms with Gasteiger partial charge in [0, 0.05) is 38.2 Å². The van der Waals surface area contributed by atoms with Gasteiger partial charge in [-0.15, -0.1) is 0 Å². The largest absolute Gasteiger partial charge is 0.497 e. The Morgan fingerprint density at radius 1 is 1.03 bits per heavy atom. The summed E-state index contributed by atoms with van der Waals surface area (Å²) in [4.78, 5) is 13.7. The van der Waals surface area contributed by atoms with Crippen LogP contribution in [0.4, 0.5) is 0 Å². The van der Waals surface area contributed by atoms with Gasteiger partial charge in [-0.3, -0.25) is 9.80 Å². The zero-order valence-corrected chi connectivity index (χ0v) is 17.0. The van der Waals surface area contributed by atoms with E-state index in [4.69, 9.17) is 13.8 Å². The van der Waals surface area contributed by atoms with E-state index in [0.717, 1.165) is 49.7 Å². The highest BCUT2D eigenvalue weighted by molar-refractivity contribution is 5.55. The van der Waals surface area contributed by atoms with E-state index in [2.05, 4.69) is 37.0 Å². The third-order valence-electron chi connectivity index (χ3n) is 5.29. The Balaban J connectivity index is 1.31. The molecule has 0 radical (unpaired) electrons. The summed E-state index contributed by atoms with van der Waals surface area (Å²) in [7, 11) is 1.65. The van der Waals surface area contributed by atoms with Crippen LogP contribution in [0.5, 0.6) is 5.75 Å². The fourth-order valence-electron chi connectivity index (χ4n) is 3.41. The molecule has 0 unspecified atom stereocenters. The van der Waals surface area contributed by atoms with Gasteiger partial charge in [-0.1, -0.05) is 17.2 Å². The van der Waals surface area contributed by atoms with Crippen LogP contribution in [0.2, 0.25) is 0 Å². The third kappa shape index (κ3) is 4.46. The first-order chi connectivity index (χ1) is 14.2. The van der Waals surface area contributed by atoms with Gasteiger partial charge in [0.05, 0.1) is 19.7 Å². The first kappa shape index (κ1) is 19.5. The van der Waals surface area contributed by atoms with Crippen molar-refractivity contribution < 1.29 is 13.8 Å². The zero-order chi connectivity index (χ0) is 20.2. The van der Waals surface area contributed by atoms with Crippen molar-refractivity contribution in [1.82, 2.24) is 30.1 Å². The quantitative estimate of drug-likeness (QED) is 0.595. The Bertz CT molecular complexity index is 914. The molecule has 9 nitrogen and oxygen atoms in total. The summed E-state index contributed by atoms with van der Waals surface area (Å²) in [5.41, 5.74) is 0.908. The number of methoxy groups -OCH3 is 1. The van der Waals surface area contributed by atoms with Crippen LogP contribution < -0.4 is 4.74 Å². The van der Waals surface area contributed by atoms with E-state index in [9.17, 15) is 0 Å². The van der Waals surface area contributed by atoms with Crippen LogP contribution in [0.1, 0.15) is 37.5 Å². The number of nitrogens with zero attached hydrogens (tertiary/aromatic N) is 6. The van der Waals surface area contributed by atoms with Gasteiger partial charge in [0.1, 0.15) is 5.75 Å². The minimum Gasteiger partial charge on any atom is -0.497 e. The number of hydrogen-bond donors (Lipinski definition) is 0. The second-order valence-electron chi connectivity index (χ2n) is 7.13. The van der Waals surface area contributed by atoms with E-state index in [-0.39, 0.29) is 6.04 Å². The van der Waals surface area contributed by atoms with E-state index < -0.39 is 0 Å². The maximum absolute atomic E-state index is 5.46. The molecular weight excluding hydrogens is 372 g/mol. The number of piperazine rings is 1. The highest BCUT2D eigenvalue weighted by atomic mass is 16.5. The summed E-state index contributed by atoms with van der Waals surface area (Å²) in [6.45, 7) is 8.46. The third-order valence-corrected chi connectivity index (χ3v) is 5.29. The fraction of sp³-hybridized carbons (Fsp3) is 0.500. The Morgan fingerprint density at radius 2 is 1.79 bits per heavy atom. The van der Waals surface area contributed by atoms with E-state index >= 15 is 0 Å². The Kier molecular flexibility index (Phi) is 5.86. The standard InChI is InChI=1S/C20H26N6O3/c1-4-17-21-20(29-23-17)14(2)26-11-9-25(10-12-26)13-18-22-19(24-28-18)15-5-7-16(27-3)8-6-15/h5-8,14H,4,9-13H2,1-3H3/t14-/m1/s1. The number of hydrogen-bond acceptors (Lipinski definition) is 9. The maximum Gasteiger partial charge on any atom is 0.243 e. The molecule has 1 aromatic carbocycles. The minimum atomic E-state index is 0.120. The molecule has 1 saturated heterocycles. The molecule has 0 saturated carbocycles. The number of benzene rings is 1. The second-order valence-corrected chi connectivity index (χ2v) is 7.13. The van der Waals surface area contributed by atoms with Crippen LogP contribution in [0, 0.1) is 0 Å². The van der Waals surface area contributed by atoms with Crippen LogP contribution >= 0.6 is 0 Å². The van der Waals surface area contributed by atoms with Crippen LogP contribution in [0.25, 0.3) is 11.4 Å². The van der Waals surface area contributed by atoms with Crippen LogP contribution in [-0.4, -0.2) is 63.4 Å². The second kappa shape index (κ2) is 8.71. The van der Waals surface area contributed by atoms with Crippen molar-refractivity contribution in [1.29, 1.82) is 0 Å². The topological polar surface area (TPSA) is 93.6 Å². The number of rotatable bonds is 7. The molecule has 0 spiro atoms. The molecule has 154 valence electrons. The van der Waals surface area contributed by atoms with Gasteiger partial charge in [0.25, 0.3) is 0 Å². The van der Waals surface area contributed by atoms with Crippen molar-refractivity contribution in [2.24, 2.45) is 0 Å². The molecule has 3 aromatic rings. The van der Waals surface area contributed by atoms with E-state index in [1.54, 1.807) is 7.11 Å². The van der Waals surface area contributed by atoms with E-state index in [0.29, 0.717) is 24.2 Å². The SMILES string of the molecule is CCc1noc([C@@H](C)N2CCN(Cc3nc(-c4ccc(OC)cc4)no3)CC2)n1. The van der Waals surface area contributed by atoms with Gasteiger partial charge < -0.3 is 13.8 Å². The Hall–Kier alpha value is -2.78. The Morgan fingerprint density at radius 3 is 2.45 bits per heavy atom. The fourth-order valence-corrected chi connectivity index (χ4v) is 3.41. The van der Waals surface area contributed by atoms with Gasteiger partial charge in [-0.2, -0.15) is 9.97 Å². The molecule has 1 fully saturated rings. The summed E-state index contributed by atoms with van der Waals surface area (Å²) in [5, 5.41) is 8.11. The molecule has 2 aromatic heterocycles. The predicted octanol–water partition coefficient (Wildman–Crippen LogP) is 2.57. The smallest absolute Gasteiger partial charge is 0.243 e. The highest BCUT2D eigenvalue weighted by Gasteiger charge is 2.26. The number of aryl methyl sites for hydroxylation is 1. The average molecular weight is 398 g/mol. The summed E-state index contributed by atoms with van der Waals surface area (Å²) in [5.74, 6) is 3.47. The summed E-state index contributed by atoms with van der Waals surface area (Å²) in [6, 6.07) is 7.75. The minimum absolute atomic E-state index is 0.120. The van der Waals surface area contributed by atoms with Crippen molar-refractivity contribution in [3.05, 3.63) is 41.9 Å². The van der Waals surface area contributed by atoms with E-state index in [1.165, 1.54) is 0 Å². The van der Waals surface area contributed by atoms with Crippen molar-refractivity contribution in [2.45, 2.75) is 32.9 Å². The van der Waals surface area contributed by atoms with Crippen molar-refractivity contribution >= 4 is 0 Å². The lowest BCUT2D eigenvalue weighted by atomic mass is 10.2. The average Bonchev–Trinajstić information content (AvgIpc) is 3.43. The Labute approximate surface area is 169 Å². The molecule has 1 aliphatic rings. The molecule has 0 aliphatic carbocycles. The van der Waals surface area contributed by atoms with Crippen molar-refractivity contribution in [2.75, 3.05) is 33.3 Å². The van der Waals surface area contributed by atoms with Crippen LogP contribution in [-0.2, 0) is 13.0 Å². The first-order valence-corrected chi connectivity index (χ1v) is 9.92. The molecule has 1 atom stereocenters. The predicted molar refractivity (Wildman–Crippen MR) is 105 cm³/mol. The molecule has 9 heteroatoms. The zero-order valence-electron chi connectivity index (χ0n) is 17.0. The maximum atomic E-state index is 5.46. The highest BCUT2D eigenvalue weighted by Crippen LogP contribution is 2.22. The molecule has 0 bridgehead atoms. The summed E-state index contributed by atoms with van der Waals surface area (Å²) in [6.07, 6.45) is 0.784. The monoisotopic (exact) mass is 398 g/mol. The van der Waals surface area contributed by atoms with Gasteiger partial charge >= 0.3 is 0 Å². The normalized spacial score (nSPS) is 16.8. The molecule has 4 rings (SSSR count). The molecular formula is C20H26N6O3. The summed E-state index contributed by atoms with van der Waals surface area (Å²) < 4.78 is 16.0. The molecule has 29 heavy (non-hydrogen) atoms. The van der Waals surface area contributed by atoms with Crippen LogP contribution in [0.3, 0.4) is 0 Å². The lowest BCUT2D eigenvalue weighted by molar-refractivity contribution is 0.0785. The molecule has 0 N–H and O–H groups in total. The molecule has 1 aliphatic heterocycles. The molecule has 0 amide bonds. The van der Waals surface area contributed by atoms with Gasteiger partial charge in [-0.05, 0) is 31.2 Å².